The van der Waals surface area contributed by atoms with Gasteiger partial charge in [-0.2, -0.15) is 0 Å². The number of aryl methyl sites for hydroxylation is 1. The third kappa shape index (κ3) is 3.59. The first-order valence-electron chi connectivity index (χ1n) is 3.98. The average molecular weight is 235 g/mol. The monoisotopic (exact) mass is 234 g/mol. The van der Waals surface area contributed by atoms with Crippen LogP contribution < -0.4 is 0 Å². The van der Waals surface area contributed by atoms with E-state index in [1.807, 2.05) is 0 Å². The summed E-state index contributed by atoms with van der Waals surface area (Å²) in [6.07, 6.45) is 1.15. The maximum absolute atomic E-state index is 11.0. The van der Waals surface area contributed by atoms with Crippen molar-refractivity contribution in [1.29, 1.82) is 0 Å². The van der Waals surface area contributed by atoms with Gasteiger partial charge in [0.25, 0.3) is 0 Å². The quantitative estimate of drug-likeness (QED) is 0.734. The first-order valence-corrected chi connectivity index (χ1v) is 6.57. The topological polar surface area (TPSA) is 59.9 Å². The molecule has 0 aliphatic heterocycles. The smallest absolute Gasteiger partial charge is 0.154 e. The van der Waals surface area contributed by atoms with Crippen molar-refractivity contribution in [1.82, 2.24) is 9.97 Å². The van der Waals surface area contributed by atoms with Crippen molar-refractivity contribution in [3.8, 4) is 0 Å². The summed E-state index contributed by atoms with van der Waals surface area (Å²) in [5.41, 5.74) is 1.38. The zero-order chi connectivity index (χ0) is 10.8. The highest BCUT2D eigenvalue weighted by Crippen LogP contribution is 2.05. The Hall–Kier alpha value is -0.680. The molecule has 1 aromatic rings. The van der Waals surface area contributed by atoms with E-state index in [0.717, 1.165) is 11.9 Å². The molecule has 1 heterocycles. The number of rotatable bonds is 3. The van der Waals surface area contributed by atoms with Crippen molar-refractivity contribution in [2.45, 2.75) is 18.6 Å². The minimum Gasteiger partial charge on any atom is -0.237 e. The number of nitrogens with zero attached hydrogens (tertiary/aromatic N) is 2. The summed E-state index contributed by atoms with van der Waals surface area (Å²) in [6.45, 7) is 1.78. The van der Waals surface area contributed by atoms with Gasteiger partial charge in [0.15, 0.2) is 9.84 Å². The maximum atomic E-state index is 11.0. The van der Waals surface area contributed by atoms with Crippen LogP contribution >= 0.6 is 11.6 Å². The van der Waals surface area contributed by atoms with Gasteiger partial charge in [-0.1, -0.05) is 0 Å². The highest BCUT2D eigenvalue weighted by Gasteiger charge is 2.08. The Morgan fingerprint density at radius 3 is 2.57 bits per heavy atom. The summed E-state index contributed by atoms with van der Waals surface area (Å²) < 4.78 is 22.0. The Morgan fingerprint density at radius 2 is 2.07 bits per heavy atom. The lowest BCUT2D eigenvalue weighted by Crippen LogP contribution is -2.07. The van der Waals surface area contributed by atoms with E-state index < -0.39 is 9.84 Å². The largest absolute Gasteiger partial charge is 0.237 e. The van der Waals surface area contributed by atoms with E-state index in [-0.39, 0.29) is 11.6 Å². The molecule has 0 radical (unpaired) electrons. The molecule has 4 nitrogen and oxygen atoms in total. The van der Waals surface area contributed by atoms with Crippen LogP contribution in [0.3, 0.4) is 0 Å². The van der Waals surface area contributed by atoms with Crippen LogP contribution in [0.2, 0.25) is 0 Å². The minimum absolute atomic E-state index is 0.140. The van der Waals surface area contributed by atoms with E-state index in [1.165, 1.54) is 0 Å². The highest BCUT2D eigenvalue weighted by atomic mass is 35.5. The molecule has 0 aliphatic rings. The molecule has 78 valence electrons. The molecular formula is C8H11ClN2O2S. The Kier molecular flexibility index (Phi) is 3.44. The van der Waals surface area contributed by atoms with Gasteiger partial charge in [-0.3, -0.25) is 0 Å². The van der Waals surface area contributed by atoms with Gasteiger partial charge >= 0.3 is 0 Å². The second-order valence-electron chi connectivity index (χ2n) is 3.12. The van der Waals surface area contributed by atoms with E-state index in [2.05, 4.69) is 9.97 Å². The molecule has 0 bridgehead atoms. The SMILES string of the molecule is Cc1cc(CCl)nc(CS(C)(=O)=O)n1. The number of halogens is 1. The van der Waals surface area contributed by atoms with Crippen molar-refractivity contribution >= 4 is 21.4 Å². The third-order valence-corrected chi connectivity index (χ3v) is 2.54. The van der Waals surface area contributed by atoms with E-state index in [9.17, 15) is 8.42 Å². The van der Waals surface area contributed by atoms with Gasteiger partial charge in [0.05, 0.1) is 11.6 Å². The summed E-state index contributed by atoms with van der Waals surface area (Å²) in [5.74, 6) is 0.432. The Bertz CT molecular complexity index is 431. The maximum Gasteiger partial charge on any atom is 0.154 e. The van der Waals surface area contributed by atoms with Gasteiger partial charge < -0.3 is 0 Å². The Morgan fingerprint density at radius 1 is 1.43 bits per heavy atom. The summed E-state index contributed by atoms with van der Waals surface area (Å²) in [7, 11) is -3.09. The molecular weight excluding hydrogens is 224 g/mol. The molecule has 0 N–H and O–H groups in total. The molecule has 14 heavy (non-hydrogen) atoms. The van der Waals surface area contributed by atoms with Gasteiger partial charge in [-0.25, -0.2) is 18.4 Å². The summed E-state index contributed by atoms with van der Waals surface area (Å²) in [4.78, 5) is 8.03. The van der Waals surface area contributed by atoms with Crippen molar-refractivity contribution in [3.63, 3.8) is 0 Å². The fraction of sp³-hybridized carbons (Fsp3) is 0.500. The van der Waals surface area contributed by atoms with Gasteiger partial charge in [0.2, 0.25) is 0 Å². The van der Waals surface area contributed by atoms with E-state index in [4.69, 9.17) is 11.6 Å². The predicted octanol–water partition coefficient (Wildman–Crippen LogP) is 1.07. The standard InChI is InChI=1S/C8H11ClN2O2S/c1-6-3-7(4-9)11-8(10-6)5-14(2,12)13/h3H,4-5H2,1-2H3. The second-order valence-corrected chi connectivity index (χ2v) is 5.53. The fourth-order valence-electron chi connectivity index (χ4n) is 1.07. The van der Waals surface area contributed by atoms with Crippen molar-refractivity contribution in [3.05, 3.63) is 23.3 Å². The molecule has 0 saturated heterocycles. The van der Waals surface area contributed by atoms with Crippen LogP contribution in [0.25, 0.3) is 0 Å². The lowest BCUT2D eigenvalue weighted by Gasteiger charge is -2.02. The summed E-state index contributed by atoms with van der Waals surface area (Å²) in [5, 5.41) is 0. The van der Waals surface area contributed by atoms with Crippen molar-refractivity contribution in [2.24, 2.45) is 0 Å². The molecule has 0 amide bonds. The molecule has 1 rings (SSSR count). The minimum atomic E-state index is -3.09. The van der Waals surface area contributed by atoms with Gasteiger partial charge in [0.1, 0.15) is 11.6 Å². The van der Waals surface area contributed by atoms with Crippen LogP contribution in [0.5, 0.6) is 0 Å². The normalized spacial score (nSPS) is 11.6. The molecule has 6 heteroatoms. The first kappa shape index (κ1) is 11.4. The number of alkyl halides is 1. The second kappa shape index (κ2) is 4.23. The van der Waals surface area contributed by atoms with Crippen molar-refractivity contribution in [2.75, 3.05) is 6.26 Å². The van der Waals surface area contributed by atoms with Crippen LogP contribution in [0, 0.1) is 6.92 Å². The molecule has 0 saturated carbocycles. The Balaban J connectivity index is 3.04. The van der Waals surface area contributed by atoms with Crippen LogP contribution in [0.1, 0.15) is 17.2 Å². The molecule has 1 aromatic heterocycles. The molecule has 0 spiro atoms. The van der Waals surface area contributed by atoms with Crippen LogP contribution in [0.15, 0.2) is 6.07 Å². The average Bonchev–Trinajstić information content (AvgIpc) is 1.99. The van der Waals surface area contributed by atoms with E-state index in [0.29, 0.717) is 11.5 Å². The van der Waals surface area contributed by atoms with Gasteiger partial charge in [-0.05, 0) is 13.0 Å². The first-order chi connectivity index (χ1) is 6.40. The summed E-state index contributed by atoms with van der Waals surface area (Å²) >= 11 is 5.60. The van der Waals surface area contributed by atoms with Gasteiger partial charge in [0, 0.05) is 11.9 Å². The lowest BCUT2D eigenvalue weighted by atomic mass is 10.3. The highest BCUT2D eigenvalue weighted by molar-refractivity contribution is 7.89. The third-order valence-electron chi connectivity index (χ3n) is 1.48. The van der Waals surface area contributed by atoms with Crippen LogP contribution in [-0.4, -0.2) is 24.6 Å². The van der Waals surface area contributed by atoms with Crippen molar-refractivity contribution < 1.29 is 8.42 Å². The molecule has 0 atom stereocenters. The molecule has 0 unspecified atom stereocenters. The van der Waals surface area contributed by atoms with Gasteiger partial charge in [-0.15, -0.1) is 11.6 Å². The van der Waals surface area contributed by atoms with E-state index in [1.54, 1.807) is 13.0 Å². The number of hydrogen-bond donors (Lipinski definition) is 0. The van der Waals surface area contributed by atoms with E-state index >= 15 is 0 Å². The molecule has 0 fully saturated rings. The zero-order valence-corrected chi connectivity index (χ0v) is 9.56. The fourth-order valence-corrected chi connectivity index (χ4v) is 1.80. The molecule has 0 aromatic carbocycles. The molecule has 0 aliphatic carbocycles. The van der Waals surface area contributed by atoms with Crippen LogP contribution in [0.4, 0.5) is 0 Å². The lowest BCUT2D eigenvalue weighted by molar-refractivity contribution is 0.599. The predicted molar refractivity (Wildman–Crippen MR) is 54.9 cm³/mol. The number of sulfone groups is 1. The zero-order valence-electron chi connectivity index (χ0n) is 7.99. The number of aromatic nitrogens is 2. The summed E-state index contributed by atoms with van der Waals surface area (Å²) in [6, 6.07) is 1.73. The van der Waals surface area contributed by atoms with Crippen LogP contribution in [-0.2, 0) is 21.5 Å². The number of hydrogen-bond acceptors (Lipinski definition) is 4. The Labute approximate surface area is 88.3 Å².